The minimum atomic E-state index is -4.75. The predicted molar refractivity (Wildman–Crippen MR) is 75.7 cm³/mol. The number of aliphatic hydroxyl groups is 1. The molecule has 2 rings (SSSR count). The van der Waals surface area contributed by atoms with E-state index >= 15 is 0 Å². The number of likely N-dealkylation sites (tertiary alicyclic amines) is 1. The molecule has 0 saturated carbocycles. The Morgan fingerprint density at radius 3 is 2.83 bits per heavy atom. The first kappa shape index (κ1) is 18.3. The lowest BCUT2D eigenvalue weighted by Crippen LogP contribution is -2.51. The second-order valence-electron chi connectivity index (χ2n) is 5.48. The molecule has 10 heteroatoms. The van der Waals surface area contributed by atoms with Crippen LogP contribution in [0.4, 0.5) is 18.0 Å². The summed E-state index contributed by atoms with van der Waals surface area (Å²) in [6.07, 6.45) is -5.25. The maximum Gasteiger partial charge on any atom is 0.415 e. The van der Waals surface area contributed by atoms with Crippen LogP contribution in [0.3, 0.4) is 0 Å². The van der Waals surface area contributed by atoms with E-state index in [1.807, 2.05) is 5.32 Å². The molecule has 1 aliphatic rings. The second kappa shape index (κ2) is 7.67. The first-order valence-electron chi connectivity index (χ1n) is 7.36. The van der Waals surface area contributed by atoms with Gasteiger partial charge in [0, 0.05) is 6.04 Å². The molecule has 0 aliphatic carbocycles. The van der Waals surface area contributed by atoms with Gasteiger partial charge in [0.15, 0.2) is 6.10 Å². The van der Waals surface area contributed by atoms with E-state index in [2.05, 4.69) is 5.32 Å². The average Bonchev–Trinajstić information content (AvgIpc) is 3.14. The number of carbonyl (C=O) groups excluding carboxylic acids is 2. The van der Waals surface area contributed by atoms with Crippen molar-refractivity contribution in [1.82, 2.24) is 15.5 Å². The number of alkyl halides is 3. The van der Waals surface area contributed by atoms with Gasteiger partial charge in [0.05, 0.1) is 19.4 Å². The number of halogens is 3. The monoisotopic (exact) mass is 349 g/mol. The number of nitrogens with zero attached hydrogens (tertiary/aromatic N) is 1. The Bertz CT molecular complexity index is 562. The van der Waals surface area contributed by atoms with Crippen LogP contribution >= 0.6 is 0 Å². The summed E-state index contributed by atoms with van der Waals surface area (Å²) in [5, 5.41) is 13.8. The van der Waals surface area contributed by atoms with E-state index in [4.69, 9.17) is 4.42 Å². The maximum absolute atomic E-state index is 12.6. The van der Waals surface area contributed by atoms with Crippen LogP contribution in [0.1, 0.15) is 18.6 Å². The van der Waals surface area contributed by atoms with Crippen LogP contribution in [-0.2, 0) is 11.3 Å². The summed E-state index contributed by atoms with van der Waals surface area (Å²) in [5.41, 5.74) is 0. The van der Waals surface area contributed by atoms with Gasteiger partial charge < -0.3 is 14.8 Å². The van der Waals surface area contributed by atoms with Crippen molar-refractivity contribution in [3.63, 3.8) is 0 Å². The largest absolute Gasteiger partial charge is 0.467 e. The van der Waals surface area contributed by atoms with Crippen molar-refractivity contribution in [1.29, 1.82) is 0 Å². The number of rotatable bonds is 5. The number of hydrogen-bond acceptors (Lipinski definition) is 5. The number of nitrogens with one attached hydrogen (secondary N) is 2. The molecule has 0 spiro atoms. The summed E-state index contributed by atoms with van der Waals surface area (Å²) in [6, 6.07) is 1.32. The minimum absolute atomic E-state index is 0.0746. The van der Waals surface area contributed by atoms with Gasteiger partial charge in [-0.2, -0.15) is 13.2 Å². The highest BCUT2D eigenvalue weighted by Gasteiger charge is 2.47. The molecule has 3 amide bonds. The molecular weight excluding hydrogens is 331 g/mol. The van der Waals surface area contributed by atoms with Gasteiger partial charge in [-0.05, 0) is 31.5 Å². The van der Waals surface area contributed by atoms with E-state index < -0.39 is 36.8 Å². The molecule has 3 N–H and O–H groups in total. The van der Waals surface area contributed by atoms with Crippen molar-refractivity contribution in [2.24, 2.45) is 0 Å². The molecule has 2 unspecified atom stereocenters. The Hall–Kier alpha value is -2.07. The number of furan rings is 1. The van der Waals surface area contributed by atoms with Gasteiger partial charge in [-0.15, -0.1) is 0 Å². The Morgan fingerprint density at radius 2 is 2.21 bits per heavy atom. The van der Waals surface area contributed by atoms with E-state index in [0.717, 1.165) is 0 Å². The average molecular weight is 349 g/mol. The molecule has 1 saturated heterocycles. The van der Waals surface area contributed by atoms with Crippen LogP contribution in [-0.4, -0.2) is 53.4 Å². The van der Waals surface area contributed by atoms with E-state index in [1.165, 1.54) is 11.2 Å². The van der Waals surface area contributed by atoms with Gasteiger partial charge in [-0.1, -0.05) is 0 Å². The Labute approximate surface area is 135 Å². The lowest BCUT2D eigenvalue weighted by Gasteiger charge is -2.29. The van der Waals surface area contributed by atoms with Gasteiger partial charge in [-0.25, -0.2) is 4.79 Å². The van der Waals surface area contributed by atoms with Crippen molar-refractivity contribution < 1.29 is 32.3 Å². The minimum Gasteiger partial charge on any atom is -0.467 e. The zero-order chi connectivity index (χ0) is 17.7. The fourth-order valence-electron chi connectivity index (χ4n) is 2.60. The quantitative estimate of drug-likeness (QED) is 0.737. The van der Waals surface area contributed by atoms with Crippen LogP contribution < -0.4 is 10.6 Å². The molecule has 7 nitrogen and oxygen atoms in total. The Morgan fingerprint density at radius 1 is 1.46 bits per heavy atom. The lowest BCUT2D eigenvalue weighted by atomic mass is 10.1. The molecule has 0 radical (unpaired) electrons. The van der Waals surface area contributed by atoms with E-state index in [9.17, 15) is 27.9 Å². The number of urea groups is 1. The fourth-order valence-corrected chi connectivity index (χ4v) is 2.60. The highest BCUT2D eigenvalue weighted by molar-refractivity contribution is 5.95. The normalized spacial score (nSPS) is 19.9. The third kappa shape index (κ3) is 4.96. The summed E-state index contributed by atoms with van der Waals surface area (Å²) in [6.45, 7) is -0.0730. The first-order valence-corrected chi connectivity index (χ1v) is 7.36. The number of amides is 3. The summed E-state index contributed by atoms with van der Waals surface area (Å²) in [5.74, 6) is -0.251. The fraction of sp³-hybridized carbons (Fsp3) is 0.571. The SMILES string of the molecule is O=C(CN1CCCC1C(O)C(F)(F)F)NC(=O)NCc1ccco1. The molecule has 1 fully saturated rings. The molecule has 0 aromatic carbocycles. The predicted octanol–water partition coefficient (Wildman–Crippen LogP) is 0.993. The molecule has 1 aromatic rings. The van der Waals surface area contributed by atoms with E-state index in [0.29, 0.717) is 12.2 Å². The Kier molecular flexibility index (Phi) is 5.84. The van der Waals surface area contributed by atoms with Gasteiger partial charge in [0.2, 0.25) is 5.91 Å². The molecule has 134 valence electrons. The van der Waals surface area contributed by atoms with Gasteiger partial charge >= 0.3 is 12.2 Å². The highest BCUT2D eigenvalue weighted by atomic mass is 19.4. The molecule has 1 aliphatic heterocycles. The summed E-state index contributed by atoms with van der Waals surface area (Å²) in [4.78, 5) is 24.6. The number of carbonyl (C=O) groups is 2. The van der Waals surface area contributed by atoms with E-state index in [1.54, 1.807) is 12.1 Å². The maximum atomic E-state index is 12.6. The topological polar surface area (TPSA) is 94.8 Å². The molecular formula is C14H18F3N3O4. The van der Waals surface area contributed by atoms with Crippen molar-refractivity contribution in [3.8, 4) is 0 Å². The molecule has 24 heavy (non-hydrogen) atoms. The van der Waals surface area contributed by atoms with Gasteiger partial charge in [0.1, 0.15) is 5.76 Å². The van der Waals surface area contributed by atoms with Crippen LogP contribution in [0.2, 0.25) is 0 Å². The van der Waals surface area contributed by atoms with E-state index in [-0.39, 0.29) is 19.5 Å². The molecule has 2 atom stereocenters. The van der Waals surface area contributed by atoms with Crippen molar-refractivity contribution >= 4 is 11.9 Å². The van der Waals surface area contributed by atoms with Gasteiger partial charge in [0.25, 0.3) is 0 Å². The van der Waals surface area contributed by atoms with Crippen LogP contribution in [0.15, 0.2) is 22.8 Å². The third-order valence-electron chi connectivity index (χ3n) is 3.72. The smallest absolute Gasteiger partial charge is 0.415 e. The molecule has 2 heterocycles. The van der Waals surface area contributed by atoms with Gasteiger partial charge in [-0.3, -0.25) is 15.0 Å². The third-order valence-corrected chi connectivity index (χ3v) is 3.72. The van der Waals surface area contributed by atoms with Crippen LogP contribution in [0, 0.1) is 0 Å². The van der Waals surface area contributed by atoms with Crippen molar-refractivity contribution in [2.45, 2.75) is 37.7 Å². The van der Waals surface area contributed by atoms with Crippen molar-refractivity contribution in [3.05, 3.63) is 24.2 Å². The van der Waals surface area contributed by atoms with Crippen molar-refractivity contribution in [2.75, 3.05) is 13.1 Å². The second-order valence-corrected chi connectivity index (χ2v) is 5.48. The summed E-state index contributed by atoms with van der Waals surface area (Å²) in [7, 11) is 0. The summed E-state index contributed by atoms with van der Waals surface area (Å²) >= 11 is 0. The summed E-state index contributed by atoms with van der Waals surface area (Å²) < 4.78 is 42.8. The zero-order valence-electron chi connectivity index (χ0n) is 12.7. The standard InChI is InChI=1S/C14H18F3N3O4/c15-14(16,17)12(22)10-4-1-5-20(10)8-11(21)19-13(23)18-7-9-3-2-6-24-9/h2-3,6,10,12,22H,1,4-5,7-8H2,(H2,18,19,21,23). The zero-order valence-corrected chi connectivity index (χ0v) is 12.7. The van der Waals surface area contributed by atoms with Crippen LogP contribution in [0.5, 0.6) is 0 Å². The first-order chi connectivity index (χ1) is 11.3. The van der Waals surface area contributed by atoms with Crippen LogP contribution in [0.25, 0.3) is 0 Å². The lowest BCUT2D eigenvalue weighted by molar-refractivity contribution is -0.219. The number of aliphatic hydroxyl groups excluding tert-OH is 1. The Balaban J connectivity index is 1.79. The molecule has 0 bridgehead atoms. The highest BCUT2D eigenvalue weighted by Crippen LogP contribution is 2.30. The number of hydrogen-bond donors (Lipinski definition) is 3. The number of imide groups is 1. The molecule has 1 aromatic heterocycles.